The maximum Gasteiger partial charge on any atom is 0.339 e. The third-order valence-electron chi connectivity index (χ3n) is 4.45. The van der Waals surface area contributed by atoms with Crippen molar-refractivity contribution in [2.75, 3.05) is 32.8 Å². The van der Waals surface area contributed by atoms with Crippen LogP contribution in [0.1, 0.15) is 10.4 Å². The van der Waals surface area contributed by atoms with Gasteiger partial charge in [-0.1, -0.05) is 18.2 Å². The van der Waals surface area contributed by atoms with E-state index in [1.54, 1.807) is 18.2 Å². The van der Waals surface area contributed by atoms with Crippen LogP contribution in [0.4, 0.5) is 4.39 Å². The van der Waals surface area contributed by atoms with Crippen molar-refractivity contribution >= 4 is 37.8 Å². The molecule has 0 bridgehead atoms. The van der Waals surface area contributed by atoms with E-state index >= 15 is 0 Å². The van der Waals surface area contributed by atoms with Crippen LogP contribution in [0.5, 0.6) is 0 Å². The van der Waals surface area contributed by atoms with Gasteiger partial charge in [-0.15, -0.1) is 0 Å². The number of esters is 1. The molecule has 2 aromatic rings. The van der Waals surface area contributed by atoms with E-state index < -0.39 is 34.3 Å². The van der Waals surface area contributed by atoms with Crippen LogP contribution in [0, 0.1) is 5.82 Å². The highest BCUT2D eigenvalue weighted by Crippen LogP contribution is 2.19. The first-order chi connectivity index (χ1) is 13.8. The Morgan fingerprint density at radius 1 is 1.03 bits per heavy atom. The molecule has 0 atom stereocenters. The minimum Gasteiger partial charge on any atom is -0.452 e. The van der Waals surface area contributed by atoms with E-state index in [4.69, 9.17) is 4.74 Å². The molecule has 0 unspecified atom stereocenters. The molecule has 0 saturated carbocycles. The van der Waals surface area contributed by atoms with Crippen LogP contribution in [-0.2, 0) is 19.6 Å². The summed E-state index contributed by atoms with van der Waals surface area (Å²) >= 11 is 3.13. The van der Waals surface area contributed by atoms with E-state index in [0.29, 0.717) is 4.47 Å². The second-order valence-electron chi connectivity index (χ2n) is 6.30. The largest absolute Gasteiger partial charge is 0.452 e. The van der Waals surface area contributed by atoms with Crippen LogP contribution in [0.2, 0.25) is 0 Å². The Bertz CT molecular complexity index is 1010. The van der Waals surface area contributed by atoms with Gasteiger partial charge in [0, 0.05) is 30.7 Å². The van der Waals surface area contributed by atoms with Crippen molar-refractivity contribution in [3.05, 3.63) is 64.4 Å². The lowest BCUT2D eigenvalue weighted by atomic mass is 10.2. The quantitative estimate of drug-likeness (QED) is 0.607. The lowest BCUT2D eigenvalue weighted by Gasteiger charge is -2.33. The van der Waals surface area contributed by atoms with Gasteiger partial charge in [0.1, 0.15) is 5.82 Å². The summed E-state index contributed by atoms with van der Waals surface area (Å²) in [6.07, 6.45) is 0. The summed E-state index contributed by atoms with van der Waals surface area (Å²) in [4.78, 5) is 26.0. The van der Waals surface area contributed by atoms with Gasteiger partial charge in [0.2, 0.25) is 10.0 Å². The van der Waals surface area contributed by atoms with Crippen LogP contribution in [0.15, 0.2) is 57.9 Å². The van der Waals surface area contributed by atoms with Gasteiger partial charge in [0.15, 0.2) is 6.61 Å². The van der Waals surface area contributed by atoms with Crippen LogP contribution in [0.25, 0.3) is 0 Å². The number of sulfonamides is 1. The number of piperazine rings is 1. The molecule has 3 rings (SSSR count). The monoisotopic (exact) mass is 484 g/mol. The average molecular weight is 485 g/mol. The number of hydrogen-bond acceptors (Lipinski definition) is 5. The number of carbonyl (C=O) groups excluding carboxylic acids is 2. The number of nitrogens with zero attached hydrogens (tertiary/aromatic N) is 2. The molecule has 1 aliphatic heterocycles. The molecule has 0 aromatic heterocycles. The molecule has 2 aromatic carbocycles. The van der Waals surface area contributed by atoms with Gasteiger partial charge in [-0.2, -0.15) is 4.31 Å². The van der Waals surface area contributed by atoms with E-state index in [2.05, 4.69) is 15.9 Å². The summed E-state index contributed by atoms with van der Waals surface area (Å²) in [6.45, 7) is 0.157. The molecule has 1 fully saturated rings. The predicted molar refractivity (Wildman–Crippen MR) is 106 cm³/mol. The number of benzene rings is 2. The molecule has 1 heterocycles. The minimum absolute atomic E-state index is 0.0171. The second kappa shape index (κ2) is 9.02. The number of carbonyl (C=O) groups is 2. The zero-order chi connectivity index (χ0) is 21.0. The molecule has 10 heteroatoms. The van der Waals surface area contributed by atoms with Crippen molar-refractivity contribution < 1.29 is 27.1 Å². The Labute approximate surface area is 176 Å². The fourth-order valence-corrected chi connectivity index (χ4v) is 4.72. The topological polar surface area (TPSA) is 84.0 Å². The molecule has 7 nitrogen and oxygen atoms in total. The highest BCUT2D eigenvalue weighted by atomic mass is 79.9. The Balaban J connectivity index is 1.54. The summed E-state index contributed by atoms with van der Waals surface area (Å²) in [6, 6.07) is 11.7. The first-order valence-corrected chi connectivity index (χ1v) is 11.0. The Morgan fingerprint density at radius 2 is 1.69 bits per heavy atom. The van der Waals surface area contributed by atoms with Crippen LogP contribution in [-0.4, -0.2) is 62.3 Å². The summed E-state index contributed by atoms with van der Waals surface area (Å²) in [7, 11) is -3.61. The fourth-order valence-electron chi connectivity index (χ4n) is 2.87. The number of rotatable bonds is 5. The molecule has 1 amide bonds. The molecular weight excluding hydrogens is 467 g/mol. The van der Waals surface area contributed by atoms with Gasteiger partial charge in [-0.3, -0.25) is 4.79 Å². The van der Waals surface area contributed by atoms with Crippen molar-refractivity contribution in [2.45, 2.75) is 4.90 Å². The number of amides is 1. The lowest BCUT2D eigenvalue weighted by molar-refractivity contribution is -0.135. The highest BCUT2D eigenvalue weighted by molar-refractivity contribution is 9.10. The van der Waals surface area contributed by atoms with Crippen molar-refractivity contribution in [1.82, 2.24) is 9.21 Å². The number of halogens is 2. The van der Waals surface area contributed by atoms with Gasteiger partial charge < -0.3 is 9.64 Å². The lowest BCUT2D eigenvalue weighted by Crippen LogP contribution is -2.51. The first-order valence-electron chi connectivity index (χ1n) is 8.74. The van der Waals surface area contributed by atoms with Crippen molar-refractivity contribution in [1.29, 1.82) is 0 Å². The van der Waals surface area contributed by atoms with Gasteiger partial charge in [0.25, 0.3) is 5.91 Å². The zero-order valence-electron chi connectivity index (χ0n) is 15.3. The zero-order valence-corrected chi connectivity index (χ0v) is 17.7. The van der Waals surface area contributed by atoms with E-state index in [0.717, 1.165) is 6.07 Å². The predicted octanol–water partition coefficient (Wildman–Crippen LogP) is 2.28. The van der Waals surface area contributed by atoms with E-state index in [-0.39, 0.29) is 36.6 Å². The summed E-state index contributed by atoms with van der Waals surface area (Å²) in [5.41, 5.74) is -0.0171. The minimum atomic E-state index is -3.61. The fraction of sp³-hybridized carbons (Fsp3) is 0.263. The number of hydrogen-bond donors (Lipinski definition) is 0. The smallest absolute Gasteiger partial charge is 0.339 e. The van der Waals surface area contributed by atoms with Crippen molar-refractivity contribution in [2.24, 2.45) is 0 Å². The van der Waals surface area contributed by atoms with Crippen LogP contribution >= 0.6 is 15.9 Å². The van der Waals surface area contributed by atoms with Crippen molar-refractivity contribution in [3.8, 4) is 0 Å². The summed E-state index contributed by atoms with van der Waals surface area (Å²) in [5, 5.41) is 0. The van der Waals surface area contributed by atoms with Gasteiger partial charge in [-0.25, -0.2) is 17.6 Å². The maximum atomic E-state index is 13.3. The first kappa shape index (κ1) is 21.4. The molecule has 1 aliphatic rings. The van der Waals surface area contributed by atoms with Crippen molar-refractivity contribution in [3.63, 3.8) is 0 Å². The second-order valence-corrected chi connectivity index (χ2v) is 9.09. The molecule has 0 radical (unpaired) electrons. The third-order valence-corrected chi connectivity index (χ3v) is 7.05. The summed E-state index contributed by atoms with van der Waals surface area (Å²) in [5.74, 6) is -1.86. The molecule has 1 saturated heterocycles. The molecule has 0 spiro atoms. The SMILES string of the molecule is O=C(OCC(=O)N1CCN(S(=O)(=O)c2ccccc2)CC1)c1cc(F)ccc1Br. The number of ether oxygens (including phenoxy) is 1. The maximum absolute atomic E-state index is 13.3. The standard InChI is InChI=1S/C19H18BrFN2O5S/c20-17-7-6-14(21)12-16(17)19(25)28-13-18(24)22-8-10-23(11-9-22)29(26,27)15-4-2-1-3-5-15/h1-7,12H,8-11,13H2. The van der Waals surface area contributed by atoms with Gasteiger partial charge >= 0.3 is 5.97 Å². The molecular formula is C19H18BrFN2O5S. The molecule has 0 aliphatic carbocycles. The highest BCUT2D eigenvalue weighted by Gasteiger charge is 2.30. The van der Waals surface area contributed by atoms with E-state index in [1.807, 2.05) is 0 Å². The van der Waals surface area contributed by atoms with E-state index in [9.17, 15) is 22.4 Å². The van der Waals surface area contributed by atoms with Crippen LogP contribution in [0.3, 0.4) is 0 Å². The van der Waals surface area contributed by atoms with E-state index in [1.165, 1.54) is 33.5 Å². The Morgan fingerprint density at radius 3 is 2.34 bits per heavy atom. The normalized spacial score (nSPS) is 15.2. The van der Waals surface area contributed by atoms with Gasteiger partial charge in [0.05, 0.1) is 10.5 Å². The molecule has 29 heavy (non-hydrogen) atoms. The third kappa shape index (κ3) is 5.01. The summed E-state index contributed by atoms with van der Waals surface area (Å²) < 4.78 is 45.2. The Hall–Kier alpha value is -2.30. The molecule has 154 valence electrons. The average Bonchev–Trinajstić information content (AvgIpc) is 2.74. The Kier molecular flexibility index (Phi) is 6.66. The van der Waals surface area contributed by atoms with Crippen LogP contribution < -0.4 is 0 Å². The van der Waals surface area contributed by atoms with Gasteiger partial charge in [-0.05, 0) is 46.3 Å². The molecule has 0 N–H and O–H groups in total.